The first-order valence-corrected chi connectivity index (χ1v) is 9.04. The predicted molar refractivity (Wildman–Crippen MR) is 107 cm³/mol. The molecular formula is C20H29N3O5. The van der Waals surface area contributed by atoms with Gasteiger partial charge in [0.25, 0.3) is 0 Å². The number of ether oxygens (including phenoxy) is 2. The second kappa shape index (κ2) is 11.6. The normalized spacial score (nSPS) is 11.0. The van der Waals surface area contributed by atoms with E-state index in [4.69, 9.17) is 9.47 Å². The van der Waals surface area contributed by atoms with E-state index in [1.165, 1.54) is 6.08 Å². The van der Waals surface area contributed by atoms with E-state index in [0.717, 1.165) is 5.56 Å². The van der Waals surface area contributed by atoms with Crippen molar-refractivity contribution < 1.29 is 23.9 Å². The molecule has 0 aliphatic heterocycles. The summed E-state index contributed by atoms with van der Waals surface area (Å²) in [6.45, 7) is 5.86. The monoisotopic (exact) mass is 391 g/mol. The summed E-state index contributed by atoms with van der Waals surface area (Å²) in [5.74, 6) is 0.131. The molecule has 8 nitrogen and oxygen atoms in total. The SMILES string of the molecule is COc1ccccc1/C=C/C(=O)NCCCNC(=O)CNC(=O)OC(C)(C)C. The van der Waals surface area contributed by atoms with Crippen molar-refractivity contribution >= 4 is 24.0 Å². The molecule has 1 aromatic carbocycles. The number of carbonyl (C=O) groups excluding carboxylic acids is 3. The maximum absolute atomic E-state index is 11.8. The summed E-state index contributed by atoms with van der Waals surface area (Å²) in [5.41, 5.74) is 0.198. The zero-order valence-corrected chi connectivity index (χ0v) is 16.8. The first-order valence-electron chi connectivity index (χ1n) is 9.04. The van der Waals surface area contributed by atoms with Crippen molar-refractivity contribution in [2.24, 2.45) is 0 Å². The average Bonchev–Trinajstić information content (AvgIpc) is 2.63. The van der Waals surface area contributed by atoms with Gasteiger partial charge in [-0.15, -0.1) is 0 Å². The minimum Gasteiger partial charge on any atom is -0.496 e. The highest BCUT2D eigenvalue weighted by Crippen LogP contribution is 2.18. The second-order valence-corrected chi connectivity index (χ2v) is 6.93. The minimum absolute atomic E-state index is 0.164. The number of benzene rings is 1. The second-order valence-electron chi connectivity index (χ2n) is 6.93. The van der Waals surface area contributed by atoms with Crippen LogP contribution in [0.25, 0.3) is 6.08 Å². The Kier molecular flexibility index (Phi) is 9.56. The van der Waals surface area contributed by atoms with Crippen molar-refractivity contribution in [3.63, 3.8) is 0 Å². The van der Waals surface area contributed by atoms with Crippen LogP contribution in [0.1, 0.15) is 32.8 Å². The third kappa shape index (κ3) is 10.2. The number of methoxy groups -OCH3 is 1. The number of para-hydroxylation sites is 1. The lowest BCUT2D eigenvalue weighted by Gasteiger charge is -2.19. The Bertz CT molecular complexity index is 695. The van der Waals surface area contributed by atoms with Crippen LogP contribution in [0.3, 0.4) is 0 Å². The molecule has 0 atom stereocenters. The molecule has 0 aromatic heterocycles. The van der Waals surface area contributed by atoms with Crippen molar-refractivity contribution in [3.05, 3.63) is 35.9 Å². The quantitative estimate of drug-likeness (QED) is 0.440. The van der Waals surface area contributed by atoms with Gasteiger partial charge in [-0.3, -0.25) is 9.59 Å². The molecule has 0 aliphatic rings. The van der Waals surface area contributed by atoms with Gasteiger partial charge in [0, 0.05) is 24.7 Å². The smallest absolute Gasteiger partial charge is 0.408 e. The number of amides is 3. The molecule has 0 spiro atoms. The lowest BCUT2D eigenvalue weighted by molar-refractivity contribution is -0.120. The largest absolute Gasteiger partial charge is 0.496 e. The van der Waals surface area contributed by atoms with Crippen molar-refractivity contribution in [2.75, 3.05) is 26.7 Å². The fourth-order valence-corrected chi connectivity index (χ4v) is 2.09. The highest BCUT2D eigenvalue weighted by atomic mass is 16.6. The molecule has 1 rings (SSSR count). The molecule has 0 fully saturated rings. The summed E-state index contributed by atoms with van der Waals surface area (Å²) in [6, 6.07) is 7.38. The molecule has 0 saturated heterocycles. The van der Waals surface area contributed by atoms with E-state index in [-0.39, 0.29) is 18.4 Å². The highest BCUT2D eigenvalue weighted by molar-refractivity contribution is 5.92. The Balaban J connectivity index is 2.18. The van der Waals surface area contributed by atoms with E-state index in [1.54, 1.807) is 34.0 Å². The molecule has 1 aromatic rings. The topological polar surface area (TPSA) is 106 Å². The number of nitrogens with one attached hydrogen (secondary N) is 3. The molecule has 3 N–H and O–H groups in total. The van der Waals surface area contributed by atoms with Crippen LogP contribution in [-0.2, 0) is 14.3 Å². The van der Waals surface area contributed by atoms with Gasteiger partial charge in [0.05, 0.1) is 13.7 Å². The zero-order valence-electron chi connectivity index (χ0n) is 16.8. The van der Waals surface area contributed by atoms with Gasteiger partial charge in [-0.05, 0) is 39.3 Å². The van der Waals surface area contributed by atoms with E-state index in [2.05, 4.69) is 16.0 Å². The first-order chi connectivity index (χ1) is 13.2. The number of hydrogen-bond acceptors (Lipinski definition) is 5. The summed E-state index contributed by atoms with van der Waals surface area (Å²) >= 11 is 0. The Morgan fingerprint density at radius 3 is 2.39 bits per heavy atom. The van der Waals surface area contributed by atoms with Gasteiger partial charge in [0.2, 0.25) is 11.8 Å². The molecule has 154 valence electrons. The number of rotatable bonds is 9. The molecule has 0 unspecified atom stereocenters. The standard InChI is InChI=1S/C20H29N3O5/c1-20(2,3)28-19(26)23-14-18(25)22-13-7-12-21-17(24)11-10-15-8-5-6-9-16(15)27-4/h5-6,8-11H,7,12-14H2,1-4H3,(H,21,24)(H,22,25)(H,23,26)/b11-10+. The lowest BCUT2D eigenvalue weighted by atomic mass is 10.2. The molecule has 28 heavy (non-hydrogen) atoms. The zero-order chi connectivity index (χ0) is 21.0. The van der Waals surface area contributed by atoms with Crippen LogP contribution in [0, 0.1) is 0 Å². The predicted octanol–water partition coefficient (Wildman–Crippen LogP) is 1.86. The summed E-state index contributed by atoms with van der Waals surface area (Å²) in [5, 5.41) is 7.76. The van der Waals surface area contributed by atoms with Crippen LogP contribution < -0.4 is 20.7 Å². The van der Waals surface area contributed by atoms with E-state index in [9.17, 15) is 14.4 Å². The Morgan fingerprint density at radius 1 is 1.04 bits per heavy atom. The average molecular weight is 391 g/mol. The van der Waals surface area contributed by atoms with Gasteiger partial charge >= 0.3 is 6.09 Å². The van der Waals surface area contributed by atoms with Gasteiger partial charge in [0.15, 0.2) is 0 Å². The molecule has 0 radical (unpaired) electrons. The summed E-state index contributed by atoms with van der Waals surface area (Å²) in [7, 11) is 1.57. The molecule has 3 amide bonds. The van der Waals surface area contributed by atoms with Gasteiger partial charge < -0.3 is 25.4 Å². The van der Waals surface area contributed by atoms with E-state index in [1.807, 2.05) is 24.3 Å². The molecule has 0 aliphatic carbocycles. The van der Waals surface area contributed by atoms with Gasteiger partial charge in [-0.2, -0.15) is 0 Å². The Hall–Kier alpha value is -3.03. The summed E-state index contributed by atoms with van der Waals surface area (Å²) in [6.07, 6.45) is 3.03. The van der Waals surface area contributed by atoms with Crippen molar-refractivity contribution in [1.29, 1.82) is 0 Å². The van der Waals surface area contributed by atoms with Crippen LogP contribution in [-0.4, -0.2) is 50.3 Å². The van der Waals surface area contributed by atoms with Crippen molar-refractivity contribution in [3.8, 4) is 5.75 Å². The van der Waals surface area contributed by atoms with Crippen LogP contribution >= 0.6 is 0 Å². The van der Waals surface area contributed by atoms with Gasteiger partial charge in [0.1, 0.15) is 11.4 Å². The van der Waals surface area contributed by atoms with Gasteiger partial charge in [-0.1, -0.05) is 18.2 Å². The van der Waals surface area contributed by atoms with Crippen molar-refractivity contribution in [1.82, 2.24) is 16.0 Å². The third-order valence-electron chi connectivity index (χ3n) is 3.32. The van der Waals surface area contributed by atoms with Crippen LogP contribution in [0.2, 0.25) is 0 Å². The van der Waals surface area contributed by atoms with Crippen LogP contribution in [0.4, 0.5) is 4.79 Å². The molecule has 0 saturated carbocycles. The van der Waals surface area contributed by atoms with E-state index < -0.39 is 11.7 Å². The van der Waals surface area contributed by atoms with Gasteiger partial charge in [-0.25, -0.2) is 4.79 Å². The summed E-state index contributed by atoms with van der Waals surface area (Å²) < 4.78 is 10.2. The summed E-state index contributed by atoms with van der Waals surface area (Å²) in [4.78, 5) is 34.9. The van der Waals surface area contributed by atoms with E-state index >= 15 is 0 Å². The number of hydrogen-bond donors (Lipinski definition) is 3. The first kappa shape index (κ1) is 23.0. The fraction of sp³-hybridized carbons (Fsp3) is 0.450. The maximum Gasteiger partial charge on any atom is 0.408 e. The fourth-order valence-electron chi connectivity index (χ4n) is 2.09. The third-order valence-corrected chi connectivity index (χ3v) is 3.32. The number of alkyl carbamates (subject to hydrolysis) is 1. The van der Waals surface area contributed by atoms with E-state index in [0.29, 0.717) is 25.3 Å². The lowest BCUT2D eigenvalue weighted by Crippen LogP contribution is -2.40. The molecule has 0 heterocycles. The Morgan fingerprint density at radius 2 is 1.71 bits per heavy atom. The molecular weight excluding hydrogens is 362 g/mol. The number of carbonyl (C=O) groups is 3. The van der Waals surface area contributed by atoms with Crippen LogP contribution in [0.15, 0.2) is 30.3 Å². The highest BCUT2D eigenvalue weighted by Gasteiger charge is 2.16. The van der Waals surface area contributed by atoms with Crippen molar-refractivity contribution in [2.45, 2.75) is 32.8 Å². The maximum atomic E-state index is 11.8. The minimum atomic E-state index is -0.642. The molecule has 0 bridgehead atoms. The Labute approximate surface area is 165 Å². The van der Waals surface area contributed by atoms with Crippen LogP contribution in [0.5, 0.6) is 5.75 Å². The molecule has 8 heteroatoms.